The number of carbonyl (C=O) groups excluding carboxylic acids is 1. The fraction of sp³-hybridized carbons (Fsp3) is 0.750. The molecule has 3 aliphatic carbocycles. The van der Waals surface area contributed by atoms with Crippen molar-refractivity contribution in [3.05, 3.63) is 11.1 Å². The van der Waals surface area contributed by atoms with Gasteiger partial charge in [-0.2, -0.15) is 0 Å². The normalized spacial score (nSPS) is 26.0. The highest BCUT2D eigenvalue weighted by Crippen LogP contribution is 2.53. The second-order valence-corrected chi connectivity index (χ2v) is 5.06. The lowest BCUT2D eigenvalue weighted by atomic mass is 9.95. The predicted octanol–water partition coefficient (Wildman–Crippen LogP) is 2.00. The van der Waals surface area contributed by atoms with Crippen LogP contribution in [0.3, 0.4) is 0 Å². The van der Waals surface area contributed by atoms with Crippen molar-refractivity contribution >= 4 is 5.91 Å². The van der Waals surface area contributed by atoms with E-state index in [1.54, 1.807) is 0 Å². The second-order valence-electron chi connectivity index (χ2n) is 5.06. The summed E-state index contributed by atoms with van der Waals surface area (Å²) in [6, 6.07) is 0. The fourth-order valence-electron chi connectivity index (χ4n) is 2.51. The molecule has 0 bridgehead atoms. The van der Waals surface area contributed by atoms with Gasteiger partial charge in [-0.15, -0.1) is 0 Å². The van der Waals surface area contributed by atoms with Gasteiger partial charge in [0, 0.05) is 5.57 Å². The van der Waals surface area contributed by atoms with E-state index < -0.39 is 0 Å². The summed E-state index contributed by atoms with van der Waals surface area (Å²) in [4.78, 5) is 11.5. The minimum atomic E-state index is -0.124. The molecule has 3 rings (SSSR count). The third kappa shape index (κ3) is 1.47. The van der Waals surface area contributed by atoms with Gasteiger partial charge in [-0.1, -0.05) is 5.57 Å². The highest BCUT2D eigenvalue weighted by Gasteiger charge is 2.42. The van der Waals surface area contributed by atoms with Crippen molar-refractivity contribution in [1.82, 2.24) is 0 Å². The summed E-state index contributed by atoms with van der Waals surface area (Å²) in [7, 11) is 0. The van der Waals surface area contributed by atoms with E-state index in [0.717, 1.165) is 17.4 Å². The van der Waals surface area contributed by atoms with E-state index in [-0.39, 0.29) is 5.91 Å². The Morgan fingerprint density at radius 1 is 0.857 bits per heavy atom. The Morgan fingerprint density at radius 2 is 1.29 bits per heavy atom. The lowest BCUT2D eigenvalue weighted by Gasteiger charge is -2.10. The first kappa shape index (κ1) is 8.51. The number of rotatable bonds is 4. The standard InChI is InChI=1S/C12H17NO/c13-12(14)11(9-5-6-9)10(7-1-2-7)8-3-4-8/h7-9H,1-6H2,(H2,13,14). The molecule has 2 nitrogen and oxygen atoms in total. The highest BCUT2D eigenvalue weighted by molar-refractivity contribution is 5.94. The van der Waals surface area contributed by atoms with Crippen LogP contribution in [0.2, 0.25) is 0 Å². The molecular weight excluding hydrogens is 174 g/mol. The Balaban J connectivity index is 1.95. The number of amides is 1. The average Bonchev–Trinajstić information content (AvgIpc) is 2.98. The van der Waals surface area contributed by atoms with E-state index in [9.17, 15) is 4.79 Å². The number of allylic oxidation sites excluding steroid dienone is 1. The summed E-state index contributed by atoms with van der Waals surface area (Å²) in [6.45, 7) is 0. The molecule has 0 aromatic rings. The van der Waals surface area contributed by atoms with Gasteiger partial charge < -0.3 is 5.73 Å². The summed E-state index contributed by atoms with van der Waals surface area (Å²) in [6.07, 6.45) is 7.60. The number of nitrogens with two attached hydrogens (primary N) is 1. The van der Waals surface area contributed by atoms with Crippen LogP contribution in [-0.2, 0) is 4.79 Å². The Morgan fingerprint density at radius 3 is 1.57 bits per heavy atom. The minimum Gasteiger partial charge on any atom is -0.366 e. The lowest BCUT2D eigenvalue weighted by molar-refractivity contribution is -0.114. The van der Waals surface area contributed by atoms with E-state index >= 15 is 0 Å². The van der Waals surface area contributed by atoms with E-state index in [1.807, 2.05) is 0 Å². The molecule has 3 aliphatic rings. The molecule has 14 heavy (non-hydrogen) atoms. The van der Waals surface area contributed by atoms with Crippen molar-refractivity contribution < 1.29 is 4.79 Å². The molecule has 0 heterocycles. The zero-order chi connectivity index (χ0) is 9.71. The topological polar surface area (TPSA) is 43.1 Å². The van der Waals surface area contributed by atoms with Gasteiger partial charge in [-0.3, -0.25) is 4.79 Å². The molecular formula is C12H17NO. The van der Waals surface area contributed by atoms with Crippen LogP contribution in [0.5, 0.6) is 0 Å². The van der Waals surface area contributed by atoms with Crippen LogP contribution in [-0.4, -0.2) is 5.91 Å². The minimum absolute atomic E-state index is 0.124. The molecule has 0 spiro atoms. The van der Waals surface area contributed by atoms with Crippen LogP contribution in [0.15, 0.2) is 11.1 Å². The smallest absolute Gasteiger partial charge is 0.244 e. The van der Waals surface area contributed by atoms with E-state index in [4.69, 9.17) is 5.73 Å². The molecule has 3 saturated carbocycles. The highest BCUT2D eigenvalue weighted by atomic mass is 16.1. The van der Waals surface area contributed by atoms with Crippen molar-refractivity contribution in [2.75, 3.05) is 0 Å². The molecule has 0 atom stereocenters. The van der Waals surface area contributed by atoms with Crippen LogP contribution in [0.25, 0.3) is 0 Å². The largest absolute Gasteiger partial charge is 0.366 e. The molecule has 0 aromatic carbocycles. The molecule has 0 unspecified atom stereocenters. The lowest BCUT2D eigenvalue weighted by Crippen LogP contribution is -2.18. The van der Waals surface area contributed by atoms with Crippen molar-refractivity contribution in [1.29, 1.82) is 0 Å². The third-order valence-corrected chi connectivity index (χ3v) is 3.60. The van der Waals surface area contributed by atoms with Crippen molar-refractivity contribution in [3.63, 3.8) is 0 Å². The monoisotopic (exact) mass is 191 g/mol. The van der Waals surface area contributed by atoms with Crippen LogP contribution >= 0.6 is 0 Å². The second kappa shape index (κ2) is 2.85. The molecule has 2 N–H and O–H groups in total. The molecule has 3 fully saturated rings. The van der Waals surface area contributed by atoms with Gasteiger partial charge in [0.15, 0.2) is 0 Å². The quantitative estimate of drug-likeness (QED) is 0.678. The van der Waals surface area contributed by atoms with Crippen molar-refractivity contribution in [2.45, 2.75) is 38.5 Å². The molecule has 0 saturated heterocycles. The summed E-state index contributed by atoms with van der Waals surface area (Å²) in [5, 5.41) is 0. The summed E-state index contributed by atoms with van der Waals surface area (Å²) < 4.78 is 0. The van der Waals surface area contributed by atoms with E-state index in [0.29, 0.717) is 5.92 Å². The zero-order valence-corrected chi connectivity index (χ0v) is 8.46. The van der Waals surface area contributed by atoms with Crippen LogP contribution in [0.1, 0.15) is 38.5 Å². The van der Waals surface area contributed by atoms with E-state index in [1.165, 1.54) is 44.1 Å². The Hall–Kier alpha value is -0.790. The predicted molar refractivity (Wildman–Crippen MR) is 54.4 cm³/mol. The van der Waals surface area contributed by atoms with Crippen LogP contribution in [0, 0.1) is 17.8 Å². The Kier molecular flexibility index (Phi) is 1.73. The summed E-state index contributed by atoms with van der Waals surface area (Å²) >= 11 is 0. The molecule has 76 valence electrons. The first-order chi connectivity index (χ1) is 6.77. The van der Waals surface area contributed by atoms with Gasteiger partial charge >= 0.3 is 0 Å². The van der Waals surface area contributed by atoms with Crippen LogP contribution < -0.4 is 5.73 Å². The van der Waals surface area contributed by atoms with Gasteiger partial charge in [0.05, 0.1) is 0 Å². The fourth-order valence-corrected chi connectivity index (χ4v) is 2.51. The van der Waals surface area contributed by atoms with Gasteiger partial charge in [0.25, 0.3) is 0 Å². The first-order valence-electron chi connectivity index (χ1n) is 5.81. The number of primary amides is 1. The van der Waals surface area contributed by atoms with Gasteiger partial charge in [0.2, 0.25) is 5.91 Å². The number of hydrogen-bond acceptors (Lipinski definition) is 1. The maximum Gasteiger partial charge on any atom is 0.244 e. The van der Waals surface area contributed by atoms with Crippen molar-refractivity contribution in [2.24, 2.45) is 23.5 Å². The number of hydrogen-bond donors (Lipinski definition) is 1. The molecule has 2 heteroatoms. The maximum absolute atomic E-state index is 11.5. The zero-order valence-electron chi connectivity index (χ0n) is 8.46. The summed E-state index contributed by atoms with van der Waals surface area (Å²) in [5.41, 5.74) is 8.05. The Labute approximate surface area is 84.5 Å². The number of carbonyl (C=O) groups is 1. The maximum atomic E-state index is 11.5. The van der Waals surface area contributed by atoms with Gasteiger partial charge in [0.1, 0.15) is 0 Å². The SMILES string of the molecule is NC(=O)C(=C(C1CC1)C1CC1)C1CC1. The van der Waals surface area contributed by atoms with Crippen LogP contribution in [0.4, 0.5) is 0 Å². The Bertz CT molecular complexity index is 292. The molecule has 0 radical (unpaired) electrons. The van der Waals surface area contributed by atoms with Gasteiger partial charge in [-0.05, 0) is 56.3 Å². The summed E-state index contributed by atoms with van der Waals surface area (Å²) in [5.74, 6) is 1.90. The van der Waals surface area contributed by atoms with Crippen molar-refractivity contribution in [3.8, 4) is 0 Å². The van der Waals surface area contributed by atoms with Gasteiger partial charge in [-0.25, -0.2) is 0 Å². The molecule has 1 amide bonds. The molecule has 0 aromatic heterocycles. The first-order valence-corrected chi connectivity index (χ1v) is 5.81. The molecule has 0 aliphatic heterocycles. The average molecular weight is 191 g/mol. The van der Waals surface area contributed by atoms with E-state index in [2.05, 4.69) is 0 Å². The third-order valence-electron chi connectivity index (χ3n) is 3.60.